The number of fused-ring (bicyclic) bond motifs is 1. The highest BCUT2D eigenvalue weighted by atomic mass is 32.1. The molecule has 0 saturated carbocycles. The summed E-state index contributed by atoms with van der Waals surface area (Å²) in [5.41, 5.74) is 0.513. The van der Waals surface area contributed by atoms with Gasteiger partial charge < -0.3 is 5.11 Å². The highest BCUT2D eigenvalue weighted by molar-refractivity contribution is 7.13. The monoisotopic (exact) mass is 366 g/mol. The Morgan fingerprint density at radius 3 is 2.50 bits per heavy atom. The van der Waals surface area contributed by atoms with Crippen molar-refractivity contribution in [3.63, 3.8) is 0 Å². The number of hydrogen-bond donors (Lipinski definition) is 1. The molecule has 0 amide bonds. The second-order valence-corrected chi connectivity index (χ2v) is 6.84. The summed E-state index contributed by atoms with van der Waals surface area (Å²) in [6.45, 7) is -0.122. The largest absolute Gasteiger partial charge is 0.386 e. The van der Waals surface area contributed by atoms with Crippen LogP contribution in [-0.4, -0.2) is 14.9 Å². The van der Waals surface area contributed by atoms with E-state index in [2.05, 4.69) is 5.10 Å². The van der Waals surface area contributed by atoms with Crippen LogP contribution in [0.2, 0.25) is 0 Å². The second-order valence-electron chi connectivity index (χ2n) is 5.90. The van der Waals surface area contributed by atoms with Gasteiger partial charge in [-0.15, -0.1) is 11.3 Å². The fourth-order valence-corrected chi connectivity index (χ4v) is 3.68. The SMILES string of the molecule is O=c1c2ccccc2c(-c2cccs2)nn1C[C@H](O)c1ccccc1F. The summed E-state index contributed by atoms with van der Waals surface area (Å²) in [5.74, 6) is -0.507. The maximum Gasteiger partial charge on any atom is 0.274 e. The molecule has 0 fully saturated rings. The molecule has 0 spiro atoms. The maximum absolute atomic E-state index is 13.9. The third-order valence-electron chi connectivity index (χ3n) is 4.23. The second kappa shape index (κ2) is 6.82. The lowest BCUT2D eigenvalue weighted by Gasteiger charge is -2.15. The van der Waals surface area contributed by atoms with Crippen molar-refractivity contribution in [2.45, 2.75) is 12.6 Å². The van der Waals surface area contributed by atoms with Crippen LogP contribution < -0.4 is 5.56 Å². The first kappa shape index (κ1) is 16.6. The predicted octanol–water partition coefficient (Wildman–Crippen LogP) is 4.00. The molecule has 4 rings (SSSR count). The van der Waals surface area contributed by atoms with Gasteiger partial charge in [-0.05, 0) is 23.6 Å². The van der Waals surface area contributed by atoms with Crippen LogP contribution >= 0.6 is 11.3 Å². The summed E-state index contributed by atoms with van der Waals surface area (Å²) in [6.07, 6.45) is -1.17. The topological polar surface area (TPSA) is 55.1 Å². The molecule has 2 heterocycles. The molecule has 0 bridgehead atoms. The van der Waals surface area contributed by atoms with Crippen LogP contribution in [0.5, 0.6) is 0 Å². The van der Waals surface area contributed by atoms with Crippen molar-refractivity contribution in [1.82, 2.24) is 9.78 Å². The molecule has 2 aromatic carbocycles. The number of nitrogens with zero attached hydrogens (tertiary/aromatic N) is 2. The Labute approximate surface area is 152 Å². The zero-order chi connectivity index (χ0) is 18.1. The third kappa shape index (κ3) is 2.94. The Hall–Kier alpha value is -2.83. The Morgan fingerprint density at radius 2 is 1.77 bits per heavy atom. The van der Waals surface area contributed by atoms with Gasteiger partial charge in [0.25, 0.3) is 5.56 Å². The van der Waals surface area contributed by atoms with Gasteiger partial charge in [0.05, 0.1) is 16.8 Å². The van der Waals surface area contributed by atoms with Gasteiger partial charge in [0, 0.05) is 10.9 Å². The number of hydrogen-bond acceptors (Lipinski definition) is 4. The number of thiophene rings is 1. The van der Waals surface area contributed by atoms with E-state index in [0.717, 1.165) is 10.3 Å². The van der Waals surface area contributed by atoms with Crippen molar-refractivity contribution in [3.05, 3.63) is 87.8 Å². The van der Waals surface area contributed by atoms with Crippen LogP contribution in [-0.2, 0) is 6.54 Å². The van der Waals surface area contributed by atoms with Crippen molar-refractivity contribution in [2.75, 3.05) is 0 Å². The van der Waals surface area contributed by atoms with Gasteiger partial charge in [-0.1, -0.05) is 42.5 Å². The molecule has 4 nitrogen and oxygen atoms in total. The highest BCUT2D eigenvalue weighted by Gasteiger charge is 2.17. The standard InChI is InChI=1S/C20H15FN2O2S/c21-16-9-4-3-8-15(16)17(24)12-23-20(25)14-7-2-1-6-13(14)19(22-23)18-10-5-11-26-18/h1-11,17,24H,12H2/t17-/m0/s1. The quantitative estimate of drug-likeness (QED) is 0.594. The smallest absolute Gasteiger partial charge is 0.274 e. The van der Waals surface area contributed by atoms with Crippen LogP contribution in [0, 0.1) is 5.82 Å². The lowest BCUT2D eigenvalue weighted by molar-refractivity contribution is 0.145. The number of rotatable bonds is 4. The number of benzene rings is 2. The van der Waals surface area contributed by atoms with E-state index >= 15 is 0 Å². The van der Waals surface area contributed by atoms with Gasteiger partial charge in [0.2, 0.25) is 0 Å². The molecule has 130 valence electrons. The minimum Gasteiger partial charge on any atom is -0.386 e. The Kier molecular flexibility index (Phi) is 4.36. The van der Waals surface area contributed by atoms with Crippen molar-refractivity contribution in [3.8, 4) is 10.6 Å². The van der Waals surface area contributed by atoms with Crippen molar-refractivity contribution >= 4 is 22.1 Å². The van der Waals surface area contributed by atoms with E-state index < -0.39 is 11.9 Å². The molecule has 4 aromatic rings. The first-order valence-electron chi connectivity index (χ1n) is 8.11. The Bertz CT molecular complexity index is 1120. The minimum atomic E-state index is -1.17. The molecule has 0 aliphatic heterocycles. The summed E-state index contributed by atoms with van der Waals surface area (Å²) in [5, 5.41) is 18.1. The van der Waals surface area contributed by atoms with Crippen LogP contribution in [0.1, 0.15) is 11.7 Å². The summed E-state index contributed by atoms with van der Waals surface area (Å²) in [4.78, 5) is 13.7. The first-order chi connectivity index (χ1) is 12.6. The van der Waals surface area contributed by atoms with E-state index in [-0.39, 0.29) is 17.7 Å². The maximum atomic E-state index is 13.9. The van der Waals surface area contributed by atoms with Gasteiger partial charge in [0.15, 0.2) is 0 Å². The zero-order valence-electron chi connectivity index (χ0n) is 13.7. The van der Waals surface area contributed by atoms with E-state index in [1.54, 1.807) is 24.3 Å². The molecule has 26 heavy (non-hydrogen) atoms. The van der Waals surface area contributed by atoms with Crippen molar-refractivity contribution in [2.24, 2.45) is 0 Å². The van der Waals surface area contributed by atoms with E-state index in [0.29, 0.717) is 11.1 Å². The van der Waals surface area contributed by atoms with Gasteiger partial charge in [-0.3, -0.25) is 4.79 Å². The molecular weight excluding hydrogens is 351 g/mol. The molecular formula is C20H15FN2O2S. The van der Waals surface area contributed by atoms with Crippen LogP contribution in [0.4, 0.5) is 4.39 Å². The summed E-state index contributed by atoms with van der Waals surface area (Å²) < 4.78 is 15.1. The number of aliphatic hydroxyl groups is 1. The minimum absolute atomic E-state index is 0.122. The summed E-state index contributed by atoms with van der Waals surface area (Å²) in [7, 11) is 0. The van der Waals surface area contributed by atoms with Crippen molar-refractivity contribution in [1.29, 1.82) is 0 Å². The molecule has 0 aliphatic rings. The highest BCUT2D eigenvalue weighted by Crippen LogP contribution is 2.28. The fraction of sp³-hybridized carbons (Fsp3) is 0.100. The van der Waals surface area contributed by atoms with E-state index in [1.807, 2.05) is 29.6 Å². The molecule has 6 heteroatoms. The van der Waals surface area contributed by atoms with Gasteiger partial charge in [0.1, 0.15) is 17.6 Å². The lowest BCUT2D eigenvalue weighted by atomic mass is 10.1. The third-order valence-corrected chi connectivity index (χ3v) is 5.11. The molecule has 2 aromatic heterocycles. The fourth-order valence-electron chi connectivity index (χ4n) is 2.96. The van der Waals surface area contributed by atoms with Gasteiger partial charge >= 0.3 is 0 Å². The molecule has 0 saturated heterocycles. The van der Waals surface area contributed by atoms with Crippen LogP contribution in [0.15, 0.2) is 70.8 Å². The molecule has 0 radical (unpaired) electrons. The molecule has 0 unspecified atom stereocenters. The normalized spacial score (nSPS) is 12.4. The average molecular weight is 366 g/mol. The van der Waals surface area contributed by atoms with Gasteiger partial charge in [-0.2, -0.15) is 5.10 Å². The Morgan fingerprint density at radius 1 is 1.04 bits per heavy atom. The molecule has 1 N–H and O–H groups in total. The summed E-state index contributed by atoms with van der Waals surface area (Å²) in [6, 6.07) is 17.1. The van der Waals surface area contributed by atoms with Gasteiger partial charge in [-0.25, -0.2) is 9.07 Å². The molecule has 0 aliphatic carbocycles. The zero-order valence-corrected chi connectivity index (χ0v) is 14.5. The van der Waals surface area contributed by atoms with E-state index in [4.69, 9.17) is 0 Å². The lowest BCUT2D eigenvalue weighted by Crippen LogP contribution is -2.27. The summed E-state index contributed by atoms with van der Waals surface area (Å²) >= 11 is 1.52. The van der Waals surface area contributed by atoms with E-state index in [9.17, 15) is 14.3 Å². The number of aromatic nitrogens is 2. The Balaban J connectivity index is 1.84. The first-order valence-corrected chi connectivity index (χ1v) is 8.99. The van der Waals surface area contributed by atoms with Crippen LogP contribution in [0.3, 0.4) is 0 Å². The average Bonchev–Trinajstić information content (AvgIpc) is 3.19. The number of aliphatic hydroxyl groups excluding tert-OH is 1. The molecule has 1 atom stereocenters. The van der Waals surface area contributed by atoms with Crippen molar-refractivity contribution < 1.29 is 9.50 Å². The predicted molar refractivity (Wildman–Crippen MR) is 101 cm³/mol. The van der Waals surface area contributed by atoms with E-state index in [1.165, 1.54) is 28.2 Å². The van der Waals surface area contributed by atoms with Crippen LogP contribution in [0.25, 0.3) is 21.3 Å². The number of halogens is 1.